The number of rotatable bonds is 6. The average molecular weight is 460 g/mol. The normalized spacial score (nSPS) is 11.5. The molecule has 0 atom stereocenters. The zero-order chi connectivity index (χ0) is 23.5. The molecule has 2 aromatic heterocycles. The molecule has 0 aliphatic rings. The van der Waals surface area contributed by atoms with Gasteiger partial charge in [0.15, 0.2) is 0 Å². The van der Waals surface area contributed by atoms with Gasteiger partial charge in [-0.3, -0.25) is 4.79 Å². The molecule has 0 saturated heterocycles. The molecule has 33 heavy (non-hydrogen) atoms. The van der Waals surface area contributed by atoms with E-state index < -0.39 is 0 Å². The van der Waals surface area contributed by atoms with E-state index in [9.17, 15) is 4.79 Å². The van der Waals surface area contributed by atoms with Gasteiger partial charge in [-0.25, -0.2) is 10.4 Å². The van der Waals surface area contributed by atoms with Crippen molar-refractivity contribution in [3.8, 4) is 22.8 Å². The number of fused-ring (bicyclic) bond motifs is 1. The molecule has 0 unspecified atom stereocenters. The van der Waals surface area contributed by atoms with Crippen LogP contribution in [-0.2, 0) is 0 Å². The second kappa shape index (κ2) is 9.42. The van der Waals surface area contributed by atoms with Crippen molar-refractivity contribution in [3.05, 3.63) is 75.5 Å². The molecule has 0 fully saturated rings. The molecule has 0 aliphatic carbocycles. The minimum absolute atomic E-state index is 0.300. The van der Waals surface area contributed by atoms with Crippen LogP contribution in [0.4, 0.5) is 0 Å². The number of aryl methyl sites for hydroxylation is 2. The number of carbonyl (C=O) groups is 1. The molecule has 4 rings (SSSR count). The van der Waals surface area contributed by atoms with Gasteiger partial charge in [-0.15, -0.1) is 11.3 Å². The average Bonchev–Trinajstić information content (AvgIpc) is 3.18. The van der Waals surface area contributed by atoms with Gasteiger partial charge in [-0.2, -0.15) is 5.10 Å². The number of amides is 1. The summed E-state index contributed by atoms with van der Waals surface area (Å²) in [5.41, 5.74) is 7.13. The van der Waals surface area contributed by atoms with Gasteiger partial charge in [-0.05, 0) is 51.1 Å². The van der Waals surface area contributed by atoms with Gasteiger partial charge < -0.3 is 9.47 Å². The van der Waals surface area contributed by atoms with Crippen LogP contribution in [-0.4, -0.2) is 30.8 Å². The van der Waals surface area contributed by atoms with Crippen molar-refractivity contribution in [1.82, 2.24) is 10.4 Å². The first kappa shape index (κ1) is 22.5. The number of hydrazone groups is 1. The largest absolute Gasteiger partial charge is 0.497 e. The summed E-state index contributed by atoms with van der Waals surface area (Å²) in [6.07, 6.45) is 0. The molecular weight excluding hydrogens is 434 g/mol. The summed E-state index contributed by atoms with van der Waals surface area (Å²) in [5.74, 6) is 0.991. The molecular formula is C26H25N3O3S. The summed E-state index contributed by atoms with van der Waals surface area (Å²) in [5, 5.41) is 5.12. The highest BCUT2D eigenvalue weighted by molar-refractivity contribution is 7.12. The first-order valence-corrected chi connectivity index (χ1v) is 11.3. The topological polar surface area (TPSA) is 72.8 Å². The highest BCUT2D eigenvalue weighted by atomic mass is 32.1. The van der Waals surface area contributed by atoms with Crippen LogP contribution in [0.1, 0.15) is 32.6 Å². The Bertz CT molecular complexity index is 1370. The molecule has 0 radical (unpaired) electrons. The van der Waals surface area contributed by atoms with E-state index in [0.29, 0.717) is 28.3 Å². The van der Waals surface area contributed by atoms with Gasteiger partial charge in [0.05, 0.1) is 36.7 Å². The number of nitrogens with zero attached hydrogens (tertiary/aromatic N) is 2. The standard InChI is InChI=1S/C26H25N3O3S/c1-15-12-21(17(3)33-15)16(2)28-29-26(30)22-14-24(27-23-9-7-6-8-19(22)23)20-11-10-18(31-4)13-25(20)32-5/h6-14H,1-5H3,(H,29,30). The summed E-state index contributed by atoms with van der Waals surface area (Å²) < 4.78 is 10.9. The molecule has 6 nitrogen and oxygen atoms in total. The maximum absolute atomic E-state index is 13.2. The van der Waals surface area contributed by atoms with Crippen molar-refractivity contribution >= 4 is 33.9 Å². The van der Waals surface area contributed by atoms with Crippen molar-refractivity contribution in [2.75, 3.05) is 14.2 Å². The fraction of sp³-hybridized carbons (Fsp3) is 0.192. The molecule has 1 amide bonds. The number of benzene rings is 2. The van der Waals surface area contributed by atoms with Crippen molar-refractivity contribution in [2.24, 2.45) is 5.10 Å². The number of hydrogen-bond acceptors (Lipinski definition) is 6. The molecule has 2 heterocycles. The number of thiophene rings is 1. The number of carbonyl (C=O) groups excluding carboxylic acids is 1. The first-order chi connectivity index (χ1) is 15.9. The number of methoxy groups -OCH3 is 2. The van der Waals surface area contributed by atoms with Gasteiger partial charge in [0.1, 0.15) is 11.5 Å². The number of para-hydroxylation sites is 1. The molecule has 0 bridgehead atoms. The summed E-state index contributed by atoms with van der Waals surface area (Å²) in [6.45, 7) is 6.01. The van der Waals surface area contributed by atoms with Gasteiger partial charge in [0.2, 0.25) is 0 Å². The van der Waals surface area contributed by atoms with Crippen molar-refractivity contribution in [2.45, 2.75) is 20.8 Å². The van der Waals surface area contributed by atoms with Crippen molar-refractivity contribution in [3.63, 3.8) is 0 Å². The Balaban J connectivity index is 1.75. The Morgan fingerprint density at radius 1 is 1.00 bits per heavy atom. The monoisotopic (exact) mass is 459 g/mol. The predicted octanol–water partition coefficient (Wildman–Crippen LogP) is 5.75. The summed E-state index contributed by atoms with van der Waals surface area (Å²) in [7, 11) is 3.20. The second-order valence-corrected chi connectivity index (χ2v) is 9.06. The third-order valence-electron chi connectivity index (χ3n) is 5.40. The van der Waals surface area contributed by atoms with Crippen molar-refractivity contribution in [1.29, 1.82) is 0 Å². The van der Waals surface area contributed by atoms with Gasteiger partial charge in [0.25, 0.3) is 5.91 Å². The molecule has 2 aromatic carbocycles. The highest BCUT2D eigenvalue weighted by Crippen LogP contribution is 2.34. The molecule has 7 heteroatoms. The fourth-order valence-electron chi connectivity index (χ4n) is 3.76. The summed E-state index contributed by atoms with van der Waals surface area (Å²) in [4.78, 5) is 20.4. The Kier molecular flexibility index (Phi) is 6.42. The van der Waals surface area contributed by atoms with Crippen LogP contribution in [0.15, 0.2) is 59.7 Å². The lowest BCUT2D eigenvalue weighted by Gasteiger charge is -2.13. The molecule has 0 spiro atoms. The zero-order valence-corrected chi connectivity index (χ0v) is 20.0. The van der Waals surface area contributed by atoms with Crippen LogP contribution in [0.2, 0.25) is 0 Å². The Morgan fingerprint density at radius 3 is 2.48 bits per heavy atom. The van der Waals surface area contributed by atoms with Crippen LogP contribution in [0.5, 0.6) is 11.5 Å². The number of pyridine rings is 1. The molecule has 0 aliphatic heterocycles. The van der Waals surface area contributed by atoms with E-state index >= 15 is 0 Å². The first-order valence-electron chi connectivity index (χ1n) is 10.5. The molecule has 0 saturated carbocycles. The fourth-order valence-corrected chi connectivity index (χ4v) is 4.73. The number of aromatic nitrogens is 1. The van der Waals surface area contributed by atoms with Gasteiger partial charge in [-0.1, -0.05) is 18.2 Å². The van der Waals surface area contributed by atoms with Crippen LogP contribution in [0.25, 0.3) is 22.2 Å². The van der Waals surface area contributed by atoms with Crippen LogP contribution in [0, 0.1) is 13.8 Å². The molecule has 1 N–H and O–H groups in total. The summed E-state index contributed by atoms with van der Waals surface area (Å²) >= 11 is 1.71. The molecule has 4 aromatic rings. The Morgan fingerprint density at radius 2 is 1.79 bits per heavy atom. The van der Waals surface area contributed by atoms with Crippen molar-refractivity contribution < 1.29 is 14.3 Å². The van der Waals surface area contributed by atoms with E-state index in [4.69, 9.17) is 14.5 Å². The maximum Gasteiger partial charge on any atom is 0.272 e. The number of nitrogens with one attached hydrogen (secondary N) is 1. The number of ether oxygens (including phenoxy) is 2. The highest BCUT2D eigenvalue weighted by Gasteiger charge is 2.17. The smallest absolute Gasteiger partial charge is 0.272 e. The van der Waals surface area contributed by atoms with E-state index in [2.05, 4.69) is 30.4 Å². The lowest BCUT2D eigenvalue weighted by molar-refractivity contribution is 0.0956. The lowest BCUT2D eigenvalue weighted by Crippen LogP contribution is -2.20. The van der Waals surface area contributed by atoms with Crippen LogP contribution in [0.3, 0.4) is 0 Å². The van der Waals surface area contributed by atoms with Gasteiger partial charge in [0, 0.05) is 32.3 Å². The van der Waals surface area contributed by atoms with E-state index in [1.54, 1.807) is 37.7 Å². The minimum Gasteiger partial charge on any atom is -0.497 e. The third-order valence-corrected chi connectivity index (χ3v) is 6.37. The molecule has 168 valence electrons. The summed E-state index contributed by atoms with van der Waals surface area (Å²) in [6, 6.07) is 16.9. The number of hydrogen-bond donors (Lipinski definition) is 1. The Hall–Kier alpha value is -3.71. The Labute approximate surface area is 196 Å². The third kappa shape index (κ3) is 4.59. The van der Waals surface area contributed by atoms with Gasteiger partial charge >= 0.3 is 0 Å². The minimum atomic E-state index is -0.300. The predicted molar refractivity (Wildman–Crippen MR) is 134 cm³/mol. The van der Waals surface area contributed by atoms with E-state index in [0.717, 1.165) is 22.2 Å². The quantitative estimate of drug-likeness (QED) is 0.294. The van der Waals surface area contributed by atoms with E-state index in [1.165, 1.54) is 9.75 Å². The van der Waals surface area contributed by atoms with E-state index in [1.807, 2.05) is 43.3 Å². The second-order valence-electron chi connectivity index (χ2n) is 7.60. The van der Waals surface area contributed by atoms with E-state index in [-0.39, 0.29) is 5.91 Å². The SMILES string of the molecule is COc1ccc(-c2cc(C(=O)NN=C(C)c3cc(C)sc3C)c3ccccc3n2)c(OC)c1. The zero-order valence-electron chi connectivity index (χ0n) is 19.2. The maximum atomic E-state index is 13.2. The van der Waals surface area contributed by atoms with Crippen LogP contribution >= 0.6 is 11.3 Å². The van der Waals surface area contributed by atoms with Crippen LogP contribution < -0.4 is 14.9 Å². The lowest BCUT2D eigenvalue weighted by atomic mass is 10.0.